The van der Waals surface area contributed by atoms with Crippen LogP contribution in [0.5, 0.6) is 0 Å². The zero-order chi connectivity index (χ0) is 22.9. The Kier molecular flexibility index (Phi) is 9.02. The van der Waals surface area contributed by atoms with Crippen LogP contribution in [0.4, 0.5) is 0 Å². The second-order valence-corrected chi connectivity index (χ2v) is 9.02. The Bertz CT molecular complexity index is 959. The van der Waals surface area contributed by atoms with Gasteiger partial charge in [-0.1, -0.05) is 71.2 Å². The summed E-state index contributed by atoms with van der Waals surface area (Å²) in [6.45, 7) is 8.91. The first-order valence-electron chi connectivity index (χ1n) is 12.8. The van der Waals surface area contributed by atoms with Crippen LogP contribution in [0.25, 0.3) is 16.9 Å². The van der Waals surface area contributed by atoms with E-state index in [1.165, 1.54) is 52.7 Å². The van der Waals surface area contributed by atoms with E-state index in [4.69, 9.17) is 0 Å². The van der Waals surface area contributed by atoms with E-state index in [-0.39, 0.29) is 0 Å². The molecule has 0 aromatic heterocycles. The first-order chi connectivity index (χ1) is 15.6. The zero-order valence-corrected chi connectivity index (χ0v) is 20.6. The van der Waals surface area contributed by atoms with E-state index >= 15 is 0 Å². The van der Waals surface area contributed by atoms with Crippen LogP contribution in [0.1, 0.15) is 101 Å². The number of aryl methyl sites for hydroxylation is 2. The van der Waals surface area contributed by atoms with Gasteiger partial charge in [0.15, 0.2) is 0 Å². The molecule has 0 saturated heterocycles. The number of rotatable bonds is 12. The van der Waals surface area contributed by atoms with Crippen molar-refractivity contribution in [2.24, 2.45) is 0 Å². The lowest BCUT2D eigenvalue weighted by atomic mass is 9.93. The van der Waals surface area contributed by atoms with Crippen LogP contribution in [0.15, 0.2) is 59.7 Å². The Labute approximate surface area is 195 Å². The van der Waals surface area contributed by atoms with Gasteiger partial charge >= 0.3 is 0 Å². The average Bonchev–Trinajstić information content (AvgIpc) is 3.11. The molecule has 32 heavy (non-hydrogen) atoms. The summed E-state index contributed by atoms with van der Waals surface area (Å²) in [5.74, 6) is 0. The zero-order valence-electron chi connectivity index (χ0n) is 20.6. The largest absolute Gasteiger partial charge is 0.493 e. The maximum Gasteiger partial charge on any atom is 0.211 e. The van der Waals surface area contributed by atoms with E-state index in [0.29, 0.717) is 0 Å². The fourth-order valence-electron chi connectivity index (χ4n) is 4.67. The molecule has 0 radical (unpaired) electrons. The number of benzene rings is 2. The molecule has 3 rings (SSSR count). The van der Waals surface area contributed by atoms with Crippen molar-refractivity contribution in [3.05, 3.63) is 87.5 Å². The number of hydrogen-bond donors (Lipinski definition) is 0. The summed E-state index contributed by atoms with van der Waals surface area (Å²) in [5, 5.41) is 0. The van der Waals surface area contributed by atoms with Gasteiger partial charge < -0.3 is 5.53 Å². The van der Waals surface area contributed by atoms with E-state index in [2.05, 4.69) is 76.2 Å². The molecule has 1 aliphatic heterocycles. The van der Waals surface area contributed by atoms with Gasteiger partial charge in [0.2, 0.25) is 11.4 Å². The highest BCUT2D eigenvalue weighted by Gasteiger charge is 2.34. The summed E-state index contributed by atoms with van der Waals surface area (Å²) >= 11 is 0. The monoisotopic (exact) mass is 428 g/mol. The van der Waals surface area contributed by atoms with Crippen LogP contribution in [0.2, 0.25) is 0 Å². The number of nitrogens with zero attached hydrogens (tertiary/aromatic N) is 2. The molecule has 0 aliphatic carbocycles. The lowest BCUT2D eigenvalue weighted by Crippen LogP contribution is -2.03. The molecule has 2 aromatic rings. The van der Waals surface area contributed by atoms with Gasteiger partial charge in [0.1, 0.15) is 0 Å². The Balaban J connectivity index is 1.97. The van der Waals surface area contributed by atoms with Crippen molar-refractivity contribution in [1.82, 2.24) is 0 Å². The molecule has 0 atom stereocenters. The van der Waals surface area contributed by atoms with Crippen LogP contribution < -0.4 is 0 Å². The van der Waals surface area contributed by atoms with Crippen LogP contribution in [-0.4, -0.2) is 4.70 Å². The number of unbranched alkanes of at least 4 members (excludes halogenated alkanes) is 3. The predicted octanol–water partition coefficient (Wildman–Crippen LogP) is 9.14. The minimum Gasteiger partial charge on any atom is -0.493 e. The van der Waals surface area contributed by atoms with Gasteiger partial charge in [0.25, 0.3) is 0 Å². The molecule has 170 valence electrons. The van der Waals surface area contributed by atoms with E-state index in [1.807, 2.05) is 0 Å². The highest BCUT2D eigenvalue weighted by atomic mass is 15.2. The third-order valence-electron chi connectivity index (χ3n) is 6.59. The minimum absolute atomic E-state index is 0.918. The molecule has 2 nitrogen and oxygen atoms in total. The summed E-state index contributed by atoms with van der Waals surface area (Å²) < 4.78 is 1.48. The van der Waals surface area contributed by atoms with E-state index < -0.39 is 0 Å². The van der Waals surface area contributed by atoms with Crippen molar-refractivity contribution >= 4 is 11.4 Å². The minimum atomic E-state index is 0.918. The standard InChI is InChI=1S/C30H40N2/c1-5-9-12-23-15-19-25(20-16-23)29-27(8-4)28(14-11-7-3)30(32(29)31)26-21-17-24(18-22-26)13-10-6-2/h15-22H,5-14H2,1-4H3. The third kappa shape index (κ3) is 5.46. The molecule has 2 aromatic carbocycles. The molecule has 1 aliphatic rings. The average molecular weight is 429 g/mol. The van der Waals surface area contributed by atoms with Gasteiger partial charge in [-0.25, -0.2) is 4.70 Å². The summed E-state index contributed by atoms with van der Waals surface area (Å²) in [7, 11) is 0. The van der Waals surface area contributed by atoms with E-state index in [0.717, 1.165) is 61.0 Å². The SMILES string of the molecule is CCCCC1=C(c2ccc(CCCC)cc2)[N+](=[N-])C(c2ccc(CCCC)cc2)=C1CC. The lowest BCUT2D eigenvalue weighted by molar-refractivity contribution is -0.345. The van der Waals surface area contributed by atoms with Crippen molar-refractivity contribution < 1.29 is 4.70 Å². The van der Waals surface area contributed by atoms with Crippen molar-refractivity contribution in [1.29, 1.82) is 0 Å². The van der Waals surface area contributed by atoms with Gasteiger partial charge in [-0.15, -0.1) is 0 Å². The molecule has 0 saturated carbocycles. The van der Waals surface area contributed by atoms with Gasteiger partial charge in [-0.3, -0.25) is 0 Å². The van der Waals surface area contributed by atoms with Crippen molar-refractivity contribution in [3.8, 4) is 0 Å². The molecule has 0 N–H and O–H groups in total. The summed E-state index contributed by atoms with van der Waals surface area (Å²) in [4.78, 5) is 0. The fraction of sp³-hybridized carbons (Fsp3) is 0.467. The highest BCUT2D eigenvalue weighted by Crippen LogP contribution is 2.43. The van der Waals surface area contributed by atoms with Gasteiger partial charge in [0, 0.05) is 22.3 Å². The smallest absolute Gasteiger partial charge is 0.211 e. The van der Waals surface area contributed by atoms with Crippen LogP contribution in [-0.2, 0) is 12.8 Å². The summed E-state index contributed by atoms with van der Waals surface area (Å²) in [6.07, 6.45) is 11.3. The molecule has 1 heterocycles. The fourth-order valence-corrected chi connectivity index (χ4v) is 4.67. The van der Waals surface area contributed by atoms with E-state index in [9.17, 15) is 5.53 Å². The van der Waals surface area contributed by atoms with Crippen LogP contribution >= 0.6 is 0 Å². The third-order valence-corrected chi connectivity index (χ3v) is 6.59. The quantitative estimate of drug-likeness (QED) is 0.301. The highest BCUT2D eigenvalue weighted by molar-refractivity contribution is 5.82. The predicted molar refractivity (Wildman–Crippen MR) is 137 cm³/mol. The van der Waals surface area contributed by atoms with Crippen molar-refractivity contribution in [3.63, 3.8) is 0 Å². The maximum absolute atomic E-state index is 11.5. The summed E-state index contributed by atoms with van der Waals surface area (Å²) in [6, 6.07) is 17.7. The van der Waals surface area contributed by atoms with Crippen LogP contribution in [0.3, 0.4) is 0 Å². The maximum atomic E-state index is 11.5. The first kappa shape index (κ1) is 24.2. The second-order valence-electron chi connectivity index (χ2n) is 9.02. The molecular weight excluding hydrogens is 388 g/mol. The van der Waals surface area contributed by atoms with E-state index in [1.54, 1.807) is 0 Å². The molecular formula is C30H40N2. The Morgan fingerprint density at radius 1 is 0.562 bits per heavy atom. The topological polar surface area (TPSA) is 25.3 Å². The molecule has 0 spiro atoms. The van der Waals surface area contributed by atoms with Gasteiger partial charge in [0.05, 0.1) is 0 Å². The number of hydrogen-bond acceptors (Lipinski definition) is 0. The molecule has 0 fully saturated rings. The second kappa shape index (κ2) is 11.9. The summed E-state index contributed by atoms with van der Waals surface area (Å²) in [5.41, 5.74) is 21.0. The first-order valence-corrected chi connectivity index (χ1v) is 12.8. The van der Waals surface area contributed by atoms with Crippen LogP contribution in [0, 0.1) is 0 Å². The Morgan fingerprint density at radius 3 is 1.38 bits per heavy atom. The lowest BCUT2D eigenvalue weighted by Gasteiger charge is -2.11. The van der Waals surface area contributed by atoms with Crippen molar-refractivity contribution in [2.75, 3.05) is 0 Å². The molecule has 0 amide bonds. The molecule has 0 bridgehead atoms. The number of allylic oxidation sites excluding steroid dienone is 2. The Hall–Kier alpha value is -2.48. The molecule has 0 unspecified atom stereocenters. The van der Waals surface area contributed by atoms with Gasteiger partial charge in [-0.05, 0) is 80.3 Å². The van der Waals surface area contributed by atoms with Gasteiger partial charge in [-0.2, -0.15) is 0 Å². The Morgan fingerprint density at radius 2 is 0.969 bits per heavy atom. The van der Waals surface area contributed by atoms with Crippen molar-refractivity contribution in [2.45, 2.75) is 91.9 Å². The normalized spacial score (nSPS) is 14.1. The molecule has 2 heteroatoms.